The van der Waals surface area contributed by atoms with Gasteiger partial charge in [-0.05, 0) is 13.3 Å². The van der Waals surface area contributed by atoms with Crippen LogP contribution in [-0.4, -0.2) is 54.0 Å². The zero-order chi connectivity index (χ0) is 15.2. The molecule has 2 rings (SSSR count). The Bertz CT molecular complexity index is 467. The Morgan fingerprint density at radius 3 is 2.86 bits per heavy atom. The normalized spacial score (nSPS) is 18.9. The highest BCUT2D eigenvalue weighted by molar-refractivity contribution is 5.59. The van der Waals surface area contributed by atoms with Crippen molar-refractivity contribution in [3.63, 3.8) is 0 Å². The van der Waals surface area contributed by atoms with Gasteiger partial charge >= 0.3 is 0 Å². The van der Waals surface area contributed by atoms with E-state index in [0.717, 1.165) is 49.0 Å². The van der Waals surface area contributed by atoms with E-state index >= 15 is 0 Å². The minimum Gasteiger partial charge on any atom is -0.394 e. The van der Waals surface area contributed by atoms with E-state index < -0.39 is 0 Å². The summed E-state index contributed by atoms with van der Waals surface area (Å²) in [4.78, 5) is 11.4. The monoisotopic (exact) mass is 294 g/mol. The molecule has 6 heteroatoms. The topological polar surface area (TPSA) is 70.5 Å². The maximum Gasteiger partial charge on any atom is 0.137 e. The van der Waals surface area contributed by atoms with E-state index in [4.69, 9.17) is 4.74 Å². The largest absolute Gasteiger partial charge is 0.394 e. The van der Waals surface area contributed by atoms with Gasteiger partial charge in [-0.3, -0.25) is 0 Å². The van der Waals surface area contributed by atoms with Crippen LogP contribution < -0.4 is 10.2 Å². The molecule has 118 valence electrons. The average Bonchev–Trinajstić information content (AvgIpc) is 2.54. The van der Waals surface area contributed by atoms with Crippen LogP contribution in [0.5, 0.6) is 0 Å². The lowest BCUT2D eigenvalue weighted by molar-refractivity contribution is 0.0722. The van der Waals surface area contributed by atoms with Crippen molar-refractivity contribution in [2.45, 2.75) is 39.7 Å². The molecule has 0 bridgehead atoms. The van der Waals surface area contributed by atoms with Crippen LogP contribution >= 0.6 is 0 Å². The van der Waals surface area contributed by atoms with Gasteiger partial charge in [0, 0.05) is 25.1 Å². The molecule has 0 spiro atoms. The number of aliphatic hydroxyl groups is 1. The Morgan fingerprint density at radius 2 is 2.19 bits per heavy atom. The molecule has 0 aromatic carbocycles. The predicted molar refractivity (Wildman–Crippen MR) is 84.0 cm³/mol. The van der Waals surface area contributed by atoms with Gasteiger partial charge in [0.05, 0.1) is 25.9 Å². The second kappa shape index (κ2) is 7.56. The van der Waals surface area contributed by atoms with Crippen molar-refractivity contribution in [2.24, 2.45) is 0 Å². The first-order chi connectivity index (χ1) is 10.2. The van der Waals surface area contributed by atoms with E-state index in [1.54, 1.807) is 0 Å². The van der Waals surface area contributed by atoms with Gasteiger partial charge in [0.2, 0.25) is 0 Å². The number of anilines is 2. The molecule has 2 N–H and O–H groups in total. The molecule has 0 aliphatic carbocycles. The standard InChI is InChI=1S/C15H26N4O2/c1-4-6-16-14-11(3)15(18-13(5-2)17-14)19-7-8-21-10-12(19)9-20/h12,20H,4-10H2,1-3H3,(H,16,17,18). The molecule has 1 unspecified atom stereocenters. The van der Waals surface area contributed by atoms with Gasteiger partial charge in [-0.1, -0.05) is 13.8 Å². The lowest BCUT2D eigenvalue weighted by atomic mass is 10.2. The second-order valence-electron chi connectivity index (χ2n) is 5.32. The van der Waals surface area contributed by atoms with Gasteiger partial charge in [-0.25, -0.2) is 9.97 Å². The van der Waals surface area contributed by atoms with E-state index in [0.29, 0.717) is 13.2 Å². The van der Waals surface area contributed by atoms with Gasteiger partial charge < -0.3 is 20.1 Å². The van der Waals surface area contributed by atoms with E-state index in [1.165, 1.54) is 0 Å². The van der Waals surface area contributed by atoms with Crippen LogP contribution in [-0.2, 0) is 11.2 Å². The highest BCUT2D eigenvalue weighted by atomic mass is 16.5. The molecule has 1 fully saturated rings. The lowest BCUT2D eigenvalue weighted by Gasteiger charge is -2.36. The fraction of sp³-hybridized carbons (Fsp3) is 0.733. The van der Waals surface area contributed by atoms with Crippen molar-refractivity contribution in [2.75, 3.05) is 43.1 Å². The van der Waals surface area contributed by atoms with E-state index in [1.807, 2.05) is 6.92 Å². The number of ether oxygens (including phenoxy) is 1. The Balaban J connectivity index is 2.36. The number of rotatable bonds is 6. The van der Waals surface area contributed by atoms with Crippen LogP contribution in [0.25, 0.3) is 0 Å². The summed E-state index contributed by atoms with van der Waals surface area (Å²) in [5.74, 6) is 2.65. The van der Waals surface area contributed by atoms with Crippen molar-refractivity contribution in [1.82, 2.24) is 9.97 Å². The third-order valence-electron chi connectivity index (χ3n) is 3.74. The third kappa shape index (κ3) is 3.63. The number of hydrogen-bond acceptors (Lipinski definition) is 6. The van der Waals surface area contributed by atoms with Gasteiger partial charge in [0.25, 0.3) is 0 Å². The summed E-state index contributed by atoms with van der Waals surface area (Å²) in [5, 5.41) is 12.9. The Labute approximate surface area is 126 Å². The summed E-state index contributed by atoms with van der Waals surface area (Å²) < 4.78 is 5.46. The molecule has 1 aromatic heterocycles. The van der Waals surface area contributed by atoms with Crippen molar-refractivity contribution in [1.29, 1.82) is 0 Å². The van der Waals surface area contributed by atoms with E-state index in [-0.39, 0.29) is 12.6 Å². The van der Waals surface area contributed by atoms with Crippen LogP contribution in [0.4, 0.5) is 11.6 Å². The molecular formula is C15H26N4O2. The molecule has 0 amide bonds. The quantitative estimate of drug-likeness (QED) is 0.826. The van der Waals surface area contributed by atoms with E-state index in [2.05, 4.69) is 34.0 Å². The summed E-state index contributed by atoms with van der Waals surface area (Å²) in [6.45, 7) is 9.15. The van der Waals surface area contributed by atoms with Crippen LogP contribution in [0.2, 0.25) is 0 Å². The van der Waals surface area contributed by atoms with Crippen molar-refractivity contribution in [3.05, 3.63) is 11.4 Å². The number of morpholine rings is 1. The van der Waals surface area contributed by atoms with E-state index in [9.17, 15) is 5.11 Å². The maximum absolute atomic E-state index is 9.57. The predicted octanol–water partition coefficient (Wildman–Crippen LogP) is 1.37. The molecule has 6 nitrogen and oxygen atoms in total. The number of nitrogens with zero attached hydrogens (tertiary/aromatic N) is 3. The lowest BCUT2D eigenvalue weighted by Crippen LogP contribution is -2.48. The first-order valence-electron chi connectivity index (χ1n) is 7.77. The van der Waals surface area contributed by atoms with Crippen LogP contribution in [0.1, 0.15) is 31.7 Å². The highest BCUT2D eigenvalue weighted by Gasteiger charge is 2.26. The maximum atomic E-state index is 9.57. The van der Waals surface area contributed by atoms with Crippen molar-refractivity contribution >= 4 is 11.6 Å². The number of nitrogens with one attached hydrogen (secondary N) is 1. The fourth-order valence-electron chi connectivity index (χ4n) is 2.49. The van der Waals surface area contributed by atoms with Crippen molar-refractivity contribution in [3.8, 4) is 0 Å². The first-order valence-corrected chi connectivity index (χ1v) is 7.77. The molecule has 0 saturated carbocycles. The summed E-state index contributed by atoms with van der Waals surface area (Å²) >= 11 is 0. The first kappa shape index (κ1) is 16.0. The smallest absolute Gasteiger partial charge is 0.137 e. The molecular weight excluding hydrogens is 268 g/mol. The number of aromatic nitrogens is 2. The number of aryl methyl sites for hydroxylation is 1. The minimum atomic E-state index is -0.0314. The van der Waals surface area contributed by atoms with Gasteiger partial charge in [0.1, 0.15) is 17.5 Å². The second-order valence-corrected chi connectivity index (χ2v) is 5.32. The van der Waals surface area contributed by atoms with Crippen LogP contribution in [0, 0.1) is 6.92 Å². The Hall–Kier alpha value is -1.40. The van der Waals surface area contributed by atoms with Gasteiger partial charge in [0.15, 0.2) is 0 Å². The Kier molecular flexibility index (Phi) is 5.76. The number of aliphatic hydroxyl groups excluding tert-OH is 1. The van der Waals surface area contributed by atoms with Gasteiger partial charge in [-0.2, -0.15) is 0 Å². The highest BCUT2D eigenvalue weighted by Crippen LogP contribution is 2.26. The average molecular weight is 294 g/mol. The molecule has 1 saturated heterocycles. The van der Waals surface area contributed by atoms with Crippen LogP contribution in [0.15, 0.2) is 0 Å². The summed E-state index contributed by atoms with van der Waals surface area (Å²) in [5.41, 5.74) is 1.04. The Morgan fingerprint density at radius 1 is 1.38 bits per heavy atom. The summed E-state index contributed by atoms with van der Waals surface area (Å²) in [6, 6.07) is -0.0314. The minimum absolute atomic E-state index is 0.0314. The molecule has 1 atom stereocenters. The summed E-state index contributed by atoms with van der Waals surface area (Å²) in [6.07, 6.45) is 1.85. The summed E-state index contributed by atoms with van der Waals surface area (Å²) in [7, 11) is 0. The van der Waals surface area contributed by atoms with Crippen LogP contribution in [0.3, 0.4) is 0 Å². The number of hydrogen-bond donors (Lipinski definition) is 2. The zero-order valence-corrected chi connectivity index (χ0v) is 13.2. The molecule has 1 aliphatic rings. The molecule has 21 heavy (non-hydrogen) atoms. The zero-order valence-electron chi connectivity index (χ0n) is 13.2. The van der Waals surface area contributed by atoms with Crippen molar-refractivity contribution < 1.29 is 9.84 Å². The fourth-order valence-corrected chi connectivity index (χ4v) is 2.49. The third-order valence-corrected chi connectivity index (χ3v) is 3.74. The molecule has 2 heterocycles. The van der Waals surface area contributed by atoms with Gasteiger partial charge in [-0.15, -0.1) is 0 Å². The molecule has 0 radical (unpaired) electrons. The molecule has 1 aliphatic heterocycles. The molecule has 1 aromatic rings. The SMILES string of the molecule is CCCNc1nc(CC)nc(N2CCOCC2CO)c1C.